The number of sulfonamides is 1. The van der Waals surface area contributed by atoms with Crippen molar-refractivity contribution in [3.63, 3.8) is 0 Å². The number of hydrogen-bond acceptors (Lipinski definition) is 3. The van der Waals surface area contributed by atoms with Crippen LogP contribution >= 0.6 is 0 Å². The Morgan fingerprint density at radius 2 is 1.54 bits per heavy atom. The number of carbonyl (C=O) groups is 1. The molecule has 1 saturated heterocycles. The number of piperidine rings is 1. The van der Waals surface area contributed by atoms with Gasteiger partial charge >= 0.3 is 0 Å². The molecule has 0 unspecified atom stereocenters. The first-order chi connectivity index (χ1) is 11.5. The minimum atomic E-state index is -3.35. The third kappa shape index (κ3) is 2.92. The number of rotatable bonds is 4. The SMILES string of the molecule is C=CS(=O)(=O)N1CCC(C(=O)NC2C3CC4CC(C3)CC2C4)CC1. The summed E-state index contributed by atoms with van der Waals surface area (Å²) in [6.07, 6.45) is 7.85. The Morgan fingerprint density at radius 1 is 1.00 bits per heavy atom. The molecule has 24 heavy (non-hydrogen) atoms. The fourth-order valence-corrected chi connectivity index (χ4v) is 6.85. The molecule has 0 aromatic carbocycles. The largest absolute Gasteiger partial charge is 0.353 e. The molecule has 5 rings (SSSR count). The van der Waals surface area contributed by atoms with Crippen molar-refractivity contribution in [1.29, 1.82) is 0 Å². The zero-order chi connectivity index (χ0) is 16.9. The second-order valence-electron chi connectivity index (χ2n) is 8.35. The van der Waals surface area contributed by atoms with Crippen molar-refractivity contribution in [2.75, 3.05) is 13.1 Å². The van der Waals surface area contributed by atoms with Gasteiger partial charge < -0.3 is 5.32 Å². The van der Waals surface area contributed by atoms with Gasteiger partial charge in [-0.2, -0.15) is 4.31 Å². The molecule has 134 valence electrons. The standard InChI is InChI=1S/C18H28N2O3S/c1-2-24(22,23)20-5-3-14(4-6-20)18(21)19-17-15-8-12-7-13(10-15)11-16(17)9-12/h2,12-17H,1,3-11H2,(H,19,21). The molecule has 4 saturated carbocycles. The van der Waals surface area contributed by atoms with Gasteiger partial charge in [0.15, 0.2) is 0 Å². The lowest BCUT2D eigenvalue weighted by Crippen LogP contribution is -2.57. The fourth-order valence-electron chi connectivity index (χ4n) is 5.92. The maximum atomic E-state index is 12.7. The molecule has 5 aliphatic rings. The average molecular weight is 353 g/mol. The van der Waals surface area contributed by atoms with Crippen molar-refractivity contribution in [2.24, 2.45) is 29.6 Å². The highest BCUT2D eigenvalue weighted by atomic mass is 32.2. The first-order valence-electron chi connectivity index (χ1n) is 9.39. The number of carbonyl (C=O) groups excluding carboxylic acids is 1. The first kappa shape index (κ1) is 16.6. The molecule has 0 radical (unpaired) electrons. The molecule has 0 spiro atoms. The predicted molar refractivity (Wildman–Crippen MR) is 92.4 cm³/mol. The van der Waals surface area contributed by atoms with Crippen LogP contribution in [0.5, 0.6) is 0 Å². The molecule has 0 aromatic heterocycles. The predicted octanol–water partition coefficient (Wildman–Crippen LogP) is 2.11. The summed E-state index contributed by atoms with van der Waals surface area (Å²) in [5.41, 5.74) is 0. The van der Waals surface area contributed by atoms with Crippen LogP contribution in [0.25, 0.3) is 0 Å². The smallest absolute Gasteiger partial charge is 0.235 e. The van der Waals surface area contributed by atoms with Crippen molar-refractivity contribution in [1.82, 2.24) is 9.62 Å². The van der Waals surface area contributed by atoms with Crippen molar-refractivity contribution in [3.8, 4) is 0 Å². The van der Waals surface area contributed by atoms with E-state index in [0.29, 0.717) is 43.8 Å². The number of nitrogens with one attached hydrogen (secondary N) is 1. The van der Waals surface area contributed by atoms with Crippen LogP contribution in [0.15, 0.2) is 12.0 Å². The highest BCUT2D eigenvalue weighted by molar-refractivity contribution is 7.92. The summed E-state index contributed by atoms with van der Waals surface area (Å²) in [5.74, 6) is 3.31. The van der Waals surface area contributed by atoms with Crippen LogP contribution in [-0.4, -0.2) is 37.8 Å². The normalized spacial score (nSPS) is 39.8. The molecule has 1 heterocycles. The summed E-state index contributed by atoms with van der Waals surface area (Å²) < 4.78 is 25.1. The Hall–Kier alpha value is -0.880. The average Bonchev–Trinajstić information content (AvgIpc) is 2.57. The van der Waals surface area contributed by atoms with Crippen molar-refractivity contribution >= 4 is 15.9 Å². The Bertz CT molecular complexity index is 594. The van der Waals surface area contributed by atoms with Crippen LogP contribution in [0, 0.1) is 29.6 Å². The lowest BCUT2D eigenvalue weighted by atomic mass is 9.54. The highest BCUT2D eigenvalue weighted by Gasteiger charge is 2.49. The highest BCUT2D eigenvalue weighted by Crippen LogP contribution is 2.53. The van der Waals surface area contributed by atoms with Gasteiger partial charge in [0, 0.05) is 30.5 Å². The molecule has 4 bridgehead atoms. The monoisotopic (exact) mass is 352 g/mol. The summed E-state index contributed by atoms with van der Waals surface area (Å²) in [4.78, 5) is 12.7. The van der Waals surface area contributed by atoms with Crippen LogP contribution in [-0.2, 0) is 14.8 Å². The van der Waals surface area contributed by atoms with E-state index in [-0.39, 0.29) is 11.8 Å². The van der Waals surface area contributed by atoms with Gasteiger partial charge in [-0.25, -0.2) is 8.42 Å². The molecular formula is C18H28N2O3S. The van der Waals surface area contributed by atoms with E-state index < -0.39 is 10.0 Å². The summed E-state index contributed by atoms with van der Waals surface area (Å²) in [5, 5.41) is 4.37. The van der Waals surface area contributed by atoms with E-state index in [9.17, 15) is 13.2 Å². The van der Waals surface area contributed by atoms with Crippen LogP contribution in [0.3, 0.4) is 0 Å². The van der Waals surface area contributed by atoms with Crippen molar-refractivity contribution in [3.05, 3.63) is 12.0 Å². The topological polar surface area (TPSA) is 66.5 Å². The fraction of sp³-hybridized carbons (Fsp3) is 0.833. The van der Waals surface area contributed by atoms with E-state index in [4.69, 9.17) is 0 Å². The third-order valence-electron chi connectivity index (χ3n) is 6.93. The van der Waals surface area contributed by atoms with Crippen LogP contribution < -0.4 is 5.32 Å². The van der Waals surface area contributed by atoms with E-state index in [1.165, 1.54) is 36.4 Å². The second kappa shape index (κ2) is 6.13. The summed E-state index contributed by atoms with van der Waals surface area (Å²) >= 11 is 0. The Labute approximate surface area is 144 Å². The van der Waals surface area contributed by atoms with Crippen molar-refractivity contribution in [2.45, 2.75) is 51.0 Å². The van der Waals surface area contributed by atoms with E-state index in [2.05, 4.69) is 11.9 Å². The summed E-state index contributed by atoms with van der Waals surface area (Å²) in [7, 11) is -3.35. The number of nitrogens with zero attached hydrogens (tertiary/aromatic N) is 1. The van der Waals surface area contributed by atoms with Gasteiger partial charge in [0.2, 0.25) is 15.9 Å². The Kier molecular flexibility index (Phi) is 4.23. The van der Waals surface area contributed by atoms with Gasteiger partial charge in [-0.05, 0) is 68.6 Å². The summed E-state index contributed by atoms with van der Waals surface area (Å²) in [6.45, 7) is 4.22. The summed E-state index contributed by atoms with van der Waals surface area (Å²) in [6, 6.07) is 0.375. The maximum absolute atomic E-state index is 12.7. The molecule has 1 aliphatic heterocycles. The van der Waals surface area contributed by atoms with Gasteiger partial charge in [-0.3, -0.25) is 4.79 Å². The number of amides is 1. The Morgan fingerprint density at radius 3 is 2.04 bits per heavy atom. The molecule has 0 atom stereocenters. The Balaban J connectivity index is 1.34. The van der Waals surface area contributed by atoms with E-state index in [1.54, 1.807) is 0 Å². The second-order valence-corrected chi connectivity index (χ2v) is 10.2. The van der Waals surface area contributed by atoms with Gasteiger partial charge in [0.25, 0.3) is 0 Å². The lowest BCUT2D eigenvalue weighted by Gasteiger charge is -2.54. The van der Waals surface area contributed by atoms with Gasteiger partial charge in [0.05, 0.1) is 0 Å². The molecule has 0 aromatic rings. The van der Waals surface area contributed by atoms with E-state index >= 15 is 0 Å². The first-order valence-corrected chi connectivity index (χ1v) is 10.9. The van der Waals surface area contributed by atoms with Gasteiger partial charge in [-0.15, -0.1) is 0 Å². The number of hydrogen-bond donors (Lipinski definition) is 1. The molecule has 5 fully saturated rings. The zero-order valence-corrected chi connectivity index (χ0v) is 15.0. The molecular weight excluding hydrogens is 324 g/mol. The van der Waals surface area contributed by atoms with Crippen LogP contribution in [0.4, 0.5) is 0 Å². The molecule has 4 aliphatic carbocycles. The van der Waals surface area contributed by atoms with E-state index in [1.807, 2.05) is 0 Å². The van der Waals surface area contributed by atoms with Gasteiger partial charge in [0.1, 0.15) is 0 Å². The third-order valence-corrected chi connectivity index (χ3v) is 8.44. The maximum Gasteiger partial charge on any atom is 0.235 e. The van der Waals surface area contributed by atoms with Crippen LogP contribution in [0.1, 0.15) is 44.9 Å². The van der Waals surface area contributed by atoms with Crippen molar-refractivity contribution < 1.29 is 13.2 Å². The molecule has 1 amide bonds. The molecule has 1 N–H and O–H groups in total. The van der Waals surface area contributed by atoms with E-state index in [0.717, 1.165) is 17.2 Å². The van der Waals surface area contributed by atoms with Crippen LogP contribution in [0.2, 0.25) is 0 Å². The molecule has 6 heteroatoms. The lowest BCUT2D eigenvalue weighted by molar-refractivity contribution is -0.130. The minimum absolute atomic E-state index is 0.0431. The van der Waals surface area contributed by atoms with Gasteiger partial charge in [-0.1, -0.05) is 6.58 Å². The quantitative estimate of drug-likeness (QED) is 0.843. The minimum Gasteiger partial charge on any atom is -0.353 e. The zero-order valence-electron chi connectivity index (χ0n) is 14.2. The molecule has 5 nitrogen and oxygen atoms in total.